The fraction of sp³-hybridized carbons (Fsp3) is 0.500. The highest BCUT2D eigenvalue weighted by atomic mass is 16.5. The maximum absolute atomic E-state index is 12.7. The van der Waals surface area contributed by atoms with Crippen molar-refractivity contribution in [2.75, 3.05) is 38.2 Å². The molecule has 0 bridgehead atoms. The molecule has 35 heavy (non-hydrogen) atoms. The molecular formula is C28H39N3O4. The molecule has 1 aliphatic carbocycles. The Hall–Kier alpha value is -3.06. The van der Waals surface area contributed by atoms with Gasteiger partial charge in [-0.05, 0) is 75.8 Å². The molecule has 0 unspecified atom stereocenters. The third kappa shape index (κ3) is 8.28. The van der Waals surface area contributed by atoms with Gasteiger partial charge in [-0.1, -0.05) is 24.3 Å². The first-order valence-corrected chi connectivity index (χ1v) is 12.7. The Morgan fingerprint density at radius 2 is 1.66 bits per heavy atom. The van der Waals surface area contributed by atoms with Gasteiger partial charge in [-0.15, -0.1) is 0 Å². The second kappa shape index (κ2) is 13.1. The second-order valence-corrected chi connectivity index (χ2v) is 9.01. The molecule has 3 rings (SSSR count). The molecule has 0 aliphatic heterocycles. The Balaban J connectivity index is 1.44. The molecule has 2 N–H and O–H groups in total. The molecule has 2 aromatic rings. The molecule has 2 amide bonds. The van der Waals surface area contributed by atoms with Crippen LogP contribution in [0.5, 0.6) is 11.5 Å². The van der Waals surface area contributed by atoms with Crippen molar-refractivity contribution in [1.82, 2.24) is 10.2 Å². The van der Waals surface area contributed by atoms with Crippen LogP contribution >= 0.6 is 0 Å². The van der Waals surface area contributed by atoms with E-state index < -0.39 is 0 Å². The summed E-state index contributed by atoms with van der Waals surface area (Å²) in [6.45, 7) is 10.5. The predicted octanol–water partition coefficient (Wildman–Crippen LogP) is 4.25. The first kappa shape index (κ1) is 26.5. The van der Waals surface area contributed by atoms with Crippen molar-refractivity contribution in [3.63, 3.8) is 0 Å². The van der Waals surface area contributed by atoms with Crippen LogP contribution in [0.1, 0.15) is 49.8 Å². The lowest BCUT2D eigenvalue weighted by Gasteiger charge is -2.22. The van der Waals surface area contributed by atoms with Crippen LogP contribution in [0.15, 0.2) is 36.4 Å². The largest absolute Gasteiger partial charge is 0.490 e. The van der Waals surface area contributed by atoms with Crippen molar-refractivity contribution in [3.8, 4) is 11.5 Å². The second-order valence-electron chi connectivity index (χ2n) is 9.01. The summed E-state index contributed by atoms with van der Waals surface area (Å²) in [7, 11) is 0. The van der Waals surface area contributed by atoms with Crippen LogP contribution in [0, 0.1) is 13.8 Å². The summed E-state index contributed by atoms with van der Waals surface area (Å²) < 4.78 is 11.3. The van der Waals surface area contributed by atoms with Gasteiger partial charge in [-0.25, -0.2) is 0 Å². The topological polar surface area (TPSA) is 79.9 Å². The zero-order chi connectivity index (χ0) is 25.2. The first-order chi connectivity index (χ1) is 16.9. The highest BCUT2D eigenvalue weighted by Crippen LogP contribution is 2.29. The molecule has 0 spiro atoms. The van der Waals surface area contributed by atoms with E-state index >= 15 is 0 Å². The maximum atomic E-state index is 12.7. The smallest absolute Gasteiger partial charge is 0.238 e. The Morgan fingerprint density at radius 3 is 2.31 bits per heavy atom. The van der Waals surface area contributed by atoms with E-state index in [1.807, 2.05) is 64.1 Å². The molecule has 0 atom stereocenters. The standard InChI is InChI=1S/C28H39N3O4/c1-5-34-24-13-10-22(18-25(24)35-6-2)14-16-29-26(32)15-17-31(23-11-12-23)19-27(33)30-28-20(3)8-7-9-21(28)4/h7-10,13,18,23H,5-6,11-12,14-17,19H2,1-4H3,(H,29,32)(H,30,33). The first-order valence-electron chi connectivity index (χ1n) is 12.7. The van der Waals surface area contributed by atoms with Crippen molar-refractivity contribution in [1.29, 1.82) is 0 Å². The van der Waals surface area contributed by atoms with E-state index in [9.17, 15) is 9.59 Å². The molecule has 0 radical (unpaired) electrons. The number of carbonyl (C=O) groups excluding carboxylic acids is 2. The lowest BCUT2D eigenvalue weighted by molar-refractivity contribution is -0.122. The molecule has 0 aromatic heterocycles. The molecule has 2 aromatic carbocycles. The van der Waals surface area contributed by atoms with Gasteiger partial charge in [0, 0.05) is 31.2 Å². The van der Waals surface area contributed by atoms with Crippen molar-refractivity contribution >= 4 is 17.5 Å². The number of anilines is 1. The van der Waals surface area contributed by atoms with Gasteiger partial charge in [0.25, 0.3) is 0 Å². The molecule has 1 fully saturated rings. The van der Waals surface area contributed by atoms with Crippen molar-refractivity contribution in [2.24, 2.45) is 0 Å². The van der Waals surface area contributed by atoms with E-state index in [1.54, 1.807) is 0 Å². The van der Waals surface area contributed by atoms with Crippen molar-refractivity contribution < 1.29 is 19.1 Å². The van der Waals surface area contributed by atoms with E-state index in [-0.39, 0.29) is 11.8 Å². The fourth-order valence-corrected chi connectivity index (χ4v) is 4.14. The molecule has 7 nitrogen and oxygen atoms in total. The van der Waals surface area contributed by atoms with Gasteiger partial charge >= 0.3 is 0 Å². The van der Waals surface area contributed by atoms with E-state index in [0.29, 0.717) is 51.7 Å². The molecule has 0 heterocycles. The average Bonchev–Trinajstić information content (AvgIpc) is 3.66. The minimum atomic E-state index is -0.0321. The number of amides is 2. The summed E-state index contributed by atoms with van der Waals surface area (Å²) in [5.41, 5.74) is 4.07. The number of rotatable bonds is 14. The van der Waals surface area contributed by atoms with Crippen LogP contribution in [0.25, 0.3) is 0 Å². The molecular weight excluding hydrogens is 442 g/mol. The van der Waals surface area contributed by atoms with Crippen molar-refractivity contribution in [3.05, 3.63) is 53.1 Å². The SMILES string of the molecule is CCOc1ccc(CCNC(=O)CCN(CC(=O)Nc2c(C)cccc2C)C2CC2)cc1OCC. The zero-order valence-corrected chi connectivity index (χ0v) is 21.5. The number of carbonyl (C=O) groups is 2. The number of nitrogens with zero attached hydrogens (tertiary/aromatic N) is 1. The van der Waals surface area contributed by atoms with Gasteiger partial charge < -0.3 is 20.1 Å². The normalized spacial score (nSPS) is 12.9. The summed E-state index contributed by atoms with van der Waals surface area (Å²) in [5.74, 6) is 1.44. The van der Waals surface area contributed by atoms with Crippen LogP contribution in [-0.4, -0.2) is 55.6 Å². The van der Waals surface area contributed by atoms with Gasteiger partial charge in [-0.2, -0.15) is 0 Å². The highest BCUT2D eigenvalue weighted by Gasteiger charge is 2.30. The van der Waals surface area contributed by atoms with Gasteiger partial charge in [0.1, 0.15) is 0 Å². The number of aryl methyl sites for hydroxylation is 2. The minimum absolute atomic E-state index is 0.00164. The van der Waals surface area contributed by atoms with Crippen LogP contribution in [0.3, 0.4) is 0 Å². The summed E-state index contributed by atoms with van der Waals surface area (Å²) in [6.07, 6.45) is 3.25. The molecule has 1 aliphatic rings. The van der Waals surface area contributed by atoms with Crippen LogP contribution < -0.4 is 20.1 Å². The van der Waals surface area contributed by atoms with Gasteiger partial charge in [0.2, 0.25) is 11.8 Å². The quantitative estimate of drug-likeness (QED) is 0.422. The Labute approximate surface area is 209 Å². The molecule has 190 valence electrons. The Morgan fingerprint density at radius 1 is 0.971 bits per heavy atom. The van der Waals surface area contributed by atoms with Crippen LogP contribution in [-0.2, 0) is 16.0 Å². The Bertz CT molecular complexity index is 983. The number of hydrogen-bond acceptors (Lipinski definition) is 5. The summed E-state index contributed by atoms with van der Waals surface area (Å²) in [4.78, 5) is 27.3. The van der Waals surface area contributed by atoms with Crippen LogP contribution in [0.2, 0.25) is 0 Å². The number of para-hydroxylation sites is 1. The Kier molecular flexibility index (Phi) is 9.97. The lowest BCUT2D eigenvalue weighted by Crippen LogP contribution is -2.38. The molecule has 7 heteroatoms. The summed E-state index contributed by atoms with van der Waals surface area (Å²) >= 11 is 0. The third-order valence-electron chi connectivity index (χ3n) is 6.13. The lowest BCUT2D eigenvalue weighted by atomic mass is 10.1. The fourth-order valence-electron chi connectivity index (χ4n) is 4.14. The van der Waals surface area contributed by atoms with Gasteiger partial charge in [-0.3, -0.25) is 14.5 Å². The van der Waals surface area contributed by atoms with E-state index in [4.69, 9.17) is 9.47 Å². The third-order valence-corrected chi connectivity index (χ3v) is 6.13. The molecule has 1 saturated carbocycles. The average molecular weight is 482 g/mol. The van der Waals surface area contributed by atoms with E-state index in [0.717, 1.165) is 46.7 Å². The number of hydrogen-bond donors (Lipinski definition) is 2. The van der Waals surface area contributed by atoms with Gasteiger partial charge in [0.15, 0.2) is 11.5 Å². The number of ether oxygens (including phenoxy) is 2. The highest BCUT2D eigenvalue weighted by molar-refractivity contribution is 5.93. The predicted molar refractivity (Wildman–Crippen MR) is 139 cm³/mol. The van der Waals surface area contributed by atoms with Crippen LogP contribution in [0.4, 0.5) is 5.69 Å². The minimum Gasteiger partial charge on any atom is -0.490 e. The molecule has 0 saturated heterocycles. The zero-order valence-electron chi connectivity index (χ0n) is 21.5. The summed E-state index contributed by atoms with van der Waals surface area (Å²) in [6, 6.07) is 12.3. The number of nitrogens with one attached hydrogen (secondary N) is 2. The summed E-state index contributed by atoms with van der Waals surface area (Å²) in [5, 5.41) is 6.06. The van der Waals surface area contributed by atoms with Gasteiger partial charge in [0.05, 0.1) is 19.8 Å². The van der Waals surface area contributed by atoms with E-state index in [1.165, 1.54) is 0 Å². The van der Waals surface area contributed by atoms with Crippen molar-refractivity contribution in [2.45, 2.75) is 59.4 Å². The number of benzene rings is 2. The van der Waals surface area contributed by atoms with E-state index in [2.05, 4.69) is 15.5 Å². The maximum Gasteiger partial charge on any atom is 0.238 e. The monoisotopic (exact) mass is 481 g/mol.